The van der Waals surface area contributed by atoms with Gasteiger partial charge < -0.3 is 15.1 Å². The fraction of sp³-hybridized carbons (Fsp3) is 0.600. The van der Waals surface area contributed by atoms with Crippen molar-refractivity contribution in [3.63, 3.8) is 0 Å². The van der Waals surface area contributed by atoms with Crippen LogP contribution in [0.2, 0.25) is 0 Å². The Bertz CT molecular complexity index is 412. The highest BCUT2D eigenvalue weighted by Crippen LogP contribution is 2.28. The van der Waals surface area contributed by atoms with Crippen molar-refractivity contribution in [2.24, 2.45) is 0 Å². The number of nitrogens with one attached hydrogen (secondary N) is 1. The predicted molar refractivity (Wildman–Crippen MR) is 85.8 cm³/mol. The summed E-state index contributed by atoms with van der Waals surface area (Å²) in [6.45, 7) is 3.23. The summed E-state index contributed by atoms with van der Waals surface area (Å²) in [7, 11) is 6.38. The van der Waals surface area contributed by atoms with Crippen molar-refractivity contribution in [2.45, 2.75) is 25.4 Å². The van der Waals surface area contributed by atoms with Crippen LogP contribution in [0.5, 0.6) is 0 Å². The molecular formula is C15H24BrN3. The van der Waals surface area contributed by atoms with Crippen molar-refractivity contribution in [3.05, 3.63) is 28.2 Å². The first kappa shape index (κ1) is 14.8. The quantitative estimate of drug-likeness (QED) is 0.918. The van der Waals surface area contributed by atoms with Crippen molar-refractivity contribution in [1.29, 1.82) is 0 Å². The highest BCUT2D eigenvalue weighted by molar-refractivity contribution is 9.10. The molecule has 0 unspecified atom stereocenters. The summed E-state index contributed by atoms with van der Waals surface area (Å²) in [4.78, 5) is 4.88. The number of halogens is 1. The van der Waals surface area contributed by atoms with Crippen LogP contribution in [0.3, 0.4) is 0 Å². The monoisotopic (exact) mass is 325 g/mol. The second kappa shape index (κ2) is 6.73. The van der Waals surface area contributed by atoms with Gasteiger partial charge in [-0.2, -0.15) is 0 Å². The molecule has 0 atom stereocenters. The lowest BCUT2D eigenvalue weighted by molar-refractivity contribution is 0.249. The van der Waals surface area contributed by atoms with Gasteiger partial charge in [-0.15, -0.1) is 0 Å². The zero-order valence-corrected chi connectivity index (χ0v) is 13.7. The summed E-state index contributed by atoms with van der Waals surface area (Å²) in [5, 5.41) is 3.26. The number of hydrogen-bond donors (Lipinski definition) is 1. The lowest BCUT2D eigenvalue weighted by Gasteiger charge is -2.37. The van der Waals surface area contributed by atoms with Crippen LogP contribution in [0.15, 0.2) is 22.7 Å². The number of piperidine rings is 1. The van der Waals surface area contributed by atoms with Crippen molar-refractivity contribution >= 4 is 21.6 Å². The maximum atomic E-state index is 3.57. The zero-order chi connectivity index (χ0) is 13.8. The summed E-state index contributed by atoms with van der Waals surface area (Å²) in [6.07, 6.45) is 2.50. The van der Waals surface area contributed by atoms with Gasteiger partial charge in [-0.25, -0.2) is 0 Å². The molecule has 4 heteroatoms. The molecule has 3 nitrogen and oxygen atoms in total. The molecular weight excluding hydrogens is 302 g/mol. The molecule has 1 N–H and O–H groups in total. The Morgan fingerprint density at radius 2 is 2.00 bits per heavy atom. The smallest absolute Gasteiger partial charge is 0.0412 e. The predicted octanol–water partition coefficient (Wildman–Crippen LogP) is 2.70. The summed E-state index contributed by atoms with van der Waals surface area (Å²) >= 11 is 3.57. The van der Waals surface area contributed by atoms with E-state index in [2.05, 4.69) is 63.3 Å². The number of rotatable bonds is 4. The second-order valence-corrected chi connectivity index (χ2v) is 6.40. The maximum Gasteiger partial charge on any atom is 0.0412 e. The van der Waals surface area contributed by atoms with E-state index in [9.17, 15) is 0 Å². The Labute approximate surface area is 125 Å². The minimum atomic E-state index is 0.736. The molecule has 0 amide bonds. The normalized spacial score (nSPS) is 17.2. The fourth-order valence-corrected chi connectivity index (χ4v) is 3.23. The van der Waals surface area contributed by atoms with Gasteiger partial charge in [0.2, 0.25) is 0 Å². The van der Waals surface area contributed by atoms with Crippen LogP contribution in [-0.2, 0) is 6.54 Å². The van der Waals surface area contributed by atoms with E-state index in [0.717, 1.165) is 30.1 Å². The molecule has 1 fully saturated rings. The summed E-state index contributed by atoms with van der Waals surface area (Å²) in [6, 6.07) is 7.35. The van der Waals surface area contributed by atoms with Gasteiger partial charge in [0.25, 0.3) is 0 Å². The van der Waals surface area contributed by atoms with Gasteiger partial charge >= 0.3 is 0 Å². The Hall–Kier alpha value is -0.580. The minimum Gasteiger partial charge on any atom is -0.371 e. The summed E-state index contributed by atoms with van der Waals surface area (Å²) in [5.41, 5.74) is 2.76. The molecule has 0 aromatic heterocycles. The third kappa shape index (κ3) is 3.71. The van der Waals surface area contributed by atoms with Gasteiger partial charge in [0.05, 0.1) is 0 Å². The largest absolute Gasteiger partial charge is 0.371 e. The number of benzene rings is 1. The van der Waals surface area contributed by atoms with E-state index in [0.29, 0.717) is 0 Å². The van der Waals surface area contributed by atoms with Crippen LogP contribution in [0, 0.1) is 0 Å². The van der Waals surface area contributed by atoms with Crippen molar-refractivity contribution in [1.82, 2.24) is 10.2 Å². The summed E-state index contributed by atoms with van der Waals surface area (Å²) < 4.78 is 1.16. The topological polar surface area (TPSA) is 18.5 Å². The standard InChI is InChI=1S/C15H24BrN3/c1-17-11-12-10-13(16)4-5-15(12)19-8-6-14(7-9-19)18(2)3/h4-5,10,14,17H,6-9,11H2,1-3H3. The molecule has 0 saturated carbocycles. The molecule has 1 aliphatic heterocycles. The molecule has 0 aliphatic carbocycles. The van der Waals surface area contributed by atoms with Gasteiger partial charge in [-0.3, -0.25) is 0 Å². The van der Waals surface area contributed by atoms with Crippen LogP contribution >= 0.6 is 15.9 Å². The third-order valence-electron chi connectivity index (χ3n) is 3.94. The van der Waals surface area contributed by atoms with E-state index in [1.165, 1.54) is 24.1 Å². The van der Waals surface area contributed by atoms with E-state index in [1.807, 2.05) is 7.05 Å². The Kier molecular flexibility index (Phi) is 5.25. The zero-order valence-electron chi connectivity index (χ0n) is 12.1. The molecule has 1 aromatic carbocycles. The van der Waals surface area contributed by atoms with Gasteiger partial charge in [0, 0.05) is 35.8 Å². The lowest BCUT2D eigenvalue weighted by Crippen LogP contribution is -2.42. The minimum absolute atomic E-state index is 0.736. The third-order valence-corrected chi connectivity index (χ3v) is 4.44. The molecule has 19 heavy (non-hydrogen) atoms. The van der Waals surface area contributed by atoms with E-state index in [1.54, 1.807) is 0 Å². The van der Waals surface area contributed by atoms with Crippen molar-refractivity contribution in [2.75, 3.05) is 39.1 Å². The Balaban J connectivity index is 2.10. The first-order chi connectivity index (χ1) is 9.11. The molecule has 1 aliphatic rings. The van der Waals surface area contributed by atoms with E-state index < -0.39 is 0 Å². The van der Waals surface area contributed by atoms with Gasteiger partial charge in [-0.1, -0.05) is 15.9 Å². The number of nitrogens with zero attached hydrogens (tertiary/aromatic N) is 2. The number of anilines is 1. The maximum absolute atomic E-state index is 3.57. The van der Waals surface area contributed by atoms with E-state index in [4.69, 9.17) is 0 Å². The first-order valence-corrected chi connectivity index (χ1v) is 7.75. The van der Waals surface area contributed by atoms with E-state index >= 15 is 0 Å². The highest BCUT2D eigenvalue weighted by atomic mass is 79.9. The van der Waals surface area contributed by atoms with Gasteiger partial charge in [0.15, 0.2) is 0 Å². The molecule has 0 radical (unpaired) electrons. The molecule has 106 valence electrons. The fourth-order valence-electron chi connectivity index (χ4n) is 2.82. The SMILES string of the molecule is CNCc1cc(Br)ccc1N1CCC(N(C)C)CC1. The molecule has 1 aromatic rings. The highest BCUT2D eigenvalue weighted by Gasteiger charge is 2.22. The van der Waals surface area contributed by atoms with Gasteiger partial charge in [-0.05, 0) is 57.7 Å². The van der Waals surface area contributed by atoms with Crippen LogP contribution in [0.1, 0.15) is 18.4 Å². The molecule has 0 bridgehead atoms. The van der Waals surface area contributed by atoms with Crippen molar-refractivity contribution < 1.29 is 0 Å². The molecule has 2 rings (SSSR count). The Morgan fingerprint density at radius 1 is 1.32 bits per heavy atom. The van der Waals surface area contributed by atoms with Crippen LogP contribution in [-0.4, -0.2) is 45.2 Å². The van der Waals surface area contributed by atoms with Crippen LogP contribution in [0.25, 0.3) is 0 Å². The molecule has 1 saturated heterocycles. The van der Waals surface area contributed by atoms with E-state index in [-0.39, 0.29) is 0 Å². The van der Waals surface area contributed by atoms with Crippen LogP contribution in [0.4, 0.5) is 5.69 Å². The first-order valence-electron chi connectivity index (χ1n) is 6.96. The second-order valence-electron chi connectivity index (χ2n) is 5.49. The average molecular weight is 326 g/mol. The Morgan fingerprint density at radius 3 is 2.58 bits per heavy atom. The number of hydrogen-bond acceptors (Lipinski definition) is 3. The molecule has 0 spiro atoms. The summed E-state index contributed by atoms with van der Waals surface area (Å²) in [5.74, 6) is 0. The lowest BCUT2D eigenvalue weighted by atomic mass is 10.0. The van der Waals surface area contributed by atoms with Crippen molar-refractivity contribution in [3.8, 4) is 0 Å². The van der Waals surface area contributed by atoms with Crippen LogP contribution < -0.4 is 10.2 Å². The average Bonchev–Trinajstić information content (AvgIpc) is 2.39. The molecule has 1 heterocycles. The van der Waals surface area contributed by atoms with Gasteiger partial charge in [0.1, 0.15) is 0 Å².